The summed E-state index contributed by atoms with van der Waals surface area (Å²) in [4.78, 5) is 0. The number of halogens is 9. The summed E-state index contributed by atoms with van der Waals surface area (Å²) >= 11 is 11.2. The smallest absolute Gasteiger partial charge is 0.218 e. The second-order valence-electron chi connectivity index (χ2n) is 5.06. The Balaban J connectivity index is 2.90. The molecule has 0 aromatic heterocycles. The van der Waals surface area contributed by atoms with Gasteiger partial charge in [-0.15, -0.1) is 0 Å². The Labute approximate surface area is 152 Å². The van der Waals surface area contributed by atoms with Crippen LogP contribution in [0.1, 0.15) is 11.1 Å². The van der Waals surface area contributed by atoms with E-state index in [0.29, 0.717) is 0 Å². The Hall–Kier alpha value is -1.98. The van der Waals surface area contributed by atoms with Crippen LogP contribution in [-0.4, -0.2) is 12.4 Å². The van der Waals surface area contributed by atoms with Gasteiger partial charge in [-0.2, -0.15) is 31.6 Å². The summed E-state index contributed by atoms with van der Waals surface area (Å²) in [6.45, 7) is 0. The van der Waals surface area contributed by atoms with Crippen LogP contribution in [0.2, 0.25) is 10.0 Å². The highest BCUT2D eigenvalue weighted by atomic mass is 35.5. The molecule has 0 saturated carbocycles. The summed E-state index contributed by atoms with van der Waals surface area (Å²) in [5, 5.41) is 7.28. The normalized spacial score (nSPS) is 12.8. The average molecular weight is 415 g/mol. The van der Waals surface area contributed by atoms with Crippen LogP contribution in [0.25, 0.3) is 11.1 Å². The number of nitriles is 1. The third-order valence-corrected chi connectivity index (χ3v) is 3.93. The number of nitrogens with zero attached hydrogens (tertiary/aromatic N) is 1. The van der Waals surface area contributed by atoms with Gasteiger partial charge < -0.3 is 0 Å². The van der Waals surface area contributed by atoms with Gasteiger partial charge in [0.1, 0.15) is 0 Å². The fourth-order valence-electron chi connectivity index (χ4n) is 2.25. The van der Waals surface area contributed by atoms with Crippen molar-refractivity contribution in [3.05, 3.63) is 57.6 Å². The van der Waals surface area contributed by atoms with Crippen LogP contribution in [0.15, 0.2) is 30.3 Å². The molecule has 0 aliphatic rings. The van der Waals surface area contributed by atoms with Gasteiger partial charge >= 0.3 is 18.0 Å². The van der Waals surface area contributed by atoms with Crippen molar-refractivity contribution >= 4 is 23.2 Å². The molecular weight excluding hydrogens is 410 g/mol. The molecule has 2 aromatic carbocycles. The van der Waals surface area contributed by atoms with E-state index in [1.54, 1.807) is 6.07 Å². The zero-order valence-corrected chi connectivity index (χ0v) is 13.7. The molecule has 0 heterocycles. The average Bonchev–Trinajstić information content (AvgIpc) is 2.51. The van der Waals surface area contributed by atoms with E-state index >= 15 is 0 Å². The lowest BCUT2D eigenvalue weighted by molar-refractivity contribution is -0.348. The van der Waals surface area contributed by atoms with E-state index in [9.17, 15) is 30.7 Å². The molecule has 0 atom stereocenters. The first-order valence-corrected chi connectivity index (χ1v) is 7.33. The summed E-state index contributed by atoms with van der Waals surface area (Å²) in [6.07, 6.45) is -12.7. The minimum Gasteiger partial charge on any atom is -0.218 e. The molecule has 10 heteroatoms. The Morgan fingerprint density at radius 1 is 0.885 bits per heavy atom. The van der Waals surface area contributed by atoms with Crippen molar-refractivity contribution < 1.29 is 30.7 Å². The second kappa shape index (κ2) is 6.63. The molecular formula is C16H5Cl2F7N. The molecule has 0 aliphatic heterocycles. The molecule has 0 unspecified atom stereocenters. The maximum Gasteiger partial charge on any atom is 0.435 e. The van der Waals surface area contributed by atoms with Gasteiger partial charge in [0.05, 0.1) is 21.7 Å². The Morgan fingerprint density at radius 3 is 1.81 bits per heavy atom. The minimum absolute atomic E-state index is 0.0857. The van der Waals surface area contributed by atoms with E-state index < -0.39 is 39.2 Å². The first-order chi connectivity index (χ1) is 11.8. The third-order valence-electron chi connectivity index (χ3n) is 3.44. The van der Waals surface area contributed by atoms with Crippen LogP contribution in [0.4, 0.5) is 30.7 Å². The molecule has 2 aromatic rings. The highest BCUT2D eigenvalue weighted by molar-refractivity contribution is 6.36. The van der Waals surface area contributed by atoms with Crippen LogP contribution in [0.3, 0.4) is 0 Å². The van der Waals surface area contributed by atoms with Gasteiger partial charge in [-0.3, -0.25) is 0 Å². The van der Waals surface area contributed by atoms with E-state index in [1.165, 1.54) is 0 Å². The van der Waals surface area contributed by atoms with Crippen molar-refractivity contribution in [2.24, 2.45) is 0 Å². The molecule has 0 amide bonds. The second-order valence-corrected chi connectivity index (χ2v) is 5.85. The zero-order chi connectivity index (χ0) is 19.9. The first-order valence-electron chi connectivity index (χ1n) is 6.57. The highest BCUT2D eigenvalue weighted by Crippen LogP contribution is 2.56. The number of alkyl halides is 7. The Kier molecular flexibility index (Phi) is 5.19. The van der Waals surface area contributed by atoms with Gasteiger partial charge in [-0.05, 0) is 23.8 Å². The lowest BCUT2D eigenvalue weighted by Crippen LogP contribution is -2.50. The van der Waals surface area contributed by atoms with Crippen molar-refractivity contribution in [1.29, 1.82) is 5.26 Å². The summed E-state index contributed by atoms with van der Waals surface area (Å²) in [5.41, 5.74) is -8.59. The van der Waals surface area contributed by atoms with Crippen LogP contribution in [0, 0.1) is 17.4 Å². The van der Waals surface area contributed by atoms with Crippen molar-refractivity contribution in [2.75, 3.05) is 0 Å². The lowest BCUT2D eigenvalue weighted by atomic mass is 9.86. The monoisotopic (exact) mass is 414 g/mol. The van der Waals surface area contributed by atoms with E-state index in [0.717, 1.165) is 24.3 Å². The maximum absolute atomic E-state index is 14.6. The number of hydrogen-bond donors (Lipinski definition) is 0. The van der Waals surface area contributed by atoms with Crippen molar-refractivity contribution in [2.45, 2.75) is 18.0 Å². The first kappa shape index (κ1) is 20.3. The number of benzene rings is 2. The molecule has 1 radical (unpaired) electrons. The molecule has 0 saturated heterocycles. The van der Waals surface area contributed by atoms with E-state index in [-0.39, 0.29) is 17.2 Å². The van der Waals surface area contributed by atoms with Crippen molar-refractivity contribution in [3.8, 4) is 17.2 Å². The molecule has 137 valence electrons. The van der Waals surface area contributed by atoms with Crippen LogP contribution in [0.5, 0.6) is 0 Å². The molecule has 26 heavy (non-hydrogen) atoms. The Bertz CT molecular complexity index is 850. The lowest BCUT2D eigenvalue weighted by Gasteiger charge is -2.32. The topological polar surface area (TPSA) is 23.8 Å². The quantitative estimate of drug-likeness (QED) is 0.506. The van der Waals surface area contributed by atoms with E-state index in [1.807, 2.05) is 0 Å². The minimum atomic E-state index is -6.33. The zero-order valence-electron chi connectivity index (χ0n) is 12.2. The van der Waals surface area contributed by atoms with Crippen LogP contribution < -0.4 is 0 Å². The fraction of sp³-hybridized carbons (Fsp3) is 0.188. The van der Waals surface area contributed by atoms with Gasteiger partial charge in [-0.25, -0.2) is 4.39 Å². The van der Waals surface area contributed by atoms with Crippen LogP contribution in [-0.2, 0) is 5.67 Å². The van der Waals surface area contributed by atoms with Gasteiger partial charge in [0.15, 0.2) is 0 Å². The number of hydrogen-bond acceptors (Lipinski definition) is 1. The summed E-state index contributed by atoms with van der Waals surface area (Å²) in [5.74, 6) is 0. The van der Waals surface area contributed by atoms with Crippen molar-refractivity contribution in [3.63, 3.8) is 0 Å². The molecule has 0 fully saturated rings. The van der Waals surface area contributed by atoms with Gasteiger partial charge in [0.2, 0.25) is 0 Å². The predicted molar refractivity (Wildman–Crippen MR) is 80.3 cm³/mol. The molecule has 2 rings (SSSR count). The number of rotatable bonds is 2. The Morgan fingerprint density at radius 2 is 1.38 bits per heavy atom. The maximum atomic E-state index is 14.6. The summed E-state index contributed by atoms with van der Waals surface area (Å²) < 4.78 is 93.3. The summed E-state index contributed by atoms with van der Waals surface area (Å²) in [6, 6.07) is 8.39. The molecule has 1 nitrogen and oxygen atoms in total. The highest BCUT2D eigenvalue weighted by Gasteiger charge is 2.74. The van der Waals surface area contributed by atoms with Gasteiger partial charge in [-0.1, -0.05) is 35.3 Å². The standard InChI is InChI=1S/C16H5Cl2F7N/c17-10-5-11(14(19,15(20,21)22)16(23,24)25)13(12(18)6-10)9-3-1-8(7-26)2-4-9/h1-5H. The third kappa shape index (κ3) is 3.33. The van der Waals surface area contributed by atoms with E-state index in [2.05, 4.69) is 6.07 Å². The molecule has 0 N–H and O–H groups in total. The van der Waals surface area contributed by atoms with Gasteiger partial charge in [0.25, 0.3) is 0 Å². The SMILES string of the molecule is N#Cc1ccc(-c2c(Cl)[c]c(Cl)cc2C(F)(C(F)(F)F)C(F)(F)F)cc1. The molecule has 0 aliphatic carbocycles. The van der Waals surface area contributed by atoms with Crippen LogP contribution >= 0.6 is 23.2 Å². The predicted octanol–water partition coefficient (Wildman–Crippen LogP) is 6.62. The summed E-state index contributed by atoms with van der Waals surface area (Å²) in [7, 11) is 0. The largest absolute Gasteiger partial charge is 0.435 e. The fourth-order valence-corrected chi connectivity index (χ4v) is 2.82. The molecule has 0 spiro atoms. The molecule has 0 bridgehead atoms. The van der Waals surface area contributed by atoms with E-state index in [4.69, 9.17) is 28.5 Å². The van der Waals surface area contributed by atoms with Gasteiger partial charge in [0, 0.05) is 17.2 Å². The van der Waals surface area contributed by atoms with Crippen molar-refractivity contribution in [1.82, 2.24) is 0 Å².